The largest absolute Gasteiger partial charge is 0.444 e. The molecule has 0 spiro atoms. The fraction of sp³-hybridized carbons (Fsp3) is 0.312. The van der Waals surface area contributed by atoms with Crippen LogP contribution in [0.5, 0.6) is 0 Å². The zero-order valence-corrected chi connectivity index (χ0v) is 11.7. The van der Waals surface area contributed by atoms with Gasteiger partial charge in [0, 0.05) is 30.8 Å². The van der Waals surface area contributed by atoms with Crippen LogP contribution in [-0.4, -0.2) is 10.8 Å². The first kappa shape index (κ1) is 13.4. The summed E-state index contributed by atoms with van der Waals surface area (Å²) in [5, 5.41) is 9.40. The maximum atomic E-state index is 12.5. The van der Waals surface area contributed by atoms with Gasteiger partial charge in [-0.05, 0) is 17.5 Å². The number of nitrogens with two attached hydrogens (primary N) is 1. The molecular weight excluding hydrogens is 266 g/mol. The van der Waals surface area contributed by atoms with E-state index in [0.29, 0.717) is 24.2 Å². The fourth-order valence-corrected chi connectivity index (χ4v) is 2.97. The Labute approximate surface area is 122 Å². The number of allylic oxidation sites excluding steroid dienone is 3. The van der Waals surface area contributed by atoms with Crippen molar-refractivity contribution in [3.63, 3.8) is 0 Å². The Kier molecular flexibility index (Phi) is 3.22. The van der Waals surface area contributed by atoms with Crippen LogP contribution >= 0.6 is 0 Å². The van der Waals surface area contributed by atoms with Crippen molar-refractivity contribution in [1.29, 1.82) is 5.26 Å². The highest BCUT2D eigenvalue weighted by atomic mass is 16.5. The number of hydrogen-bond donors (Lipinski definition) is 1. The standard InChI is InChI=1S/C16H15N3O2/c1-9-5-12(20)15-13(6-9)21-16(18)11(7-17)14(15)10-3-2-4-19-8-10/h2-4,8-9,14H,5-6,18H2,1H3/t9-,14+/m1/s1. The van der Waals surface area contributed by atoms with E-state index in [1.807, 2.05) is 13.0 Å². The number of Topliss-reactive ketones (excluding diaryl/α,β-unsaturated/α-hetero) is 1. The monoisotopic (exact) mass is 281 g/mol. The summed E-state index contributed by atoms with van der Waals surface area (Å²) in [7, 11) is 0. The average molecular weight is 281 g/mol. The van der Waals surface area contributed by atoms with Crippen molar-refractivity contribution in [1.82, 2.24) is 4.98 Å². The third kappa shape index (κ3) is 2.19. The maximum absolute atomic E-state index is 12.5. The Bertz CT molecular complexity index is 698. The predicted octanol–water partition coefficient (Wildman–Crippen LogP) is 2.14. The molecule has 5 heteroatoms. The SMILES string of the molecule is C[C@@H]1CC(=O)C2=C(C1)OC(N)=C(C#N)[C@@H]2c1cccnc1. The normalized spacial score (nSPS) is 25.2. The quantitative estimate of drug-likeness (QED) is 0.851. The maximum Gasteiger partial charge on any atom is 0.205 e. The van der Waals surface area contributed by atoms with Gasteiger partial charge in [0.1, 0.15) is 17.4 Å². The minimum Gasteiger partial charge on any atom is -0.444 e. The smallest absolute Gasteiger partial charge is 0.205 e. The Morgan fingerprint density at radius 2 is 2.29 bits per heavy atom. The van der Waals surface area contributed by atoms with Gasteiger partial charge >= 0.3 is 0 Å². The van der Waals surface area contributed by atoms with Gasteiger partial charge in [-0.2, -0.15) is 5.26 Å². The molecule has 2 aliphatic rings. The average Bonchev–Trinajstić information content (AvgIpc) is 2.46. The van der Waals surface area contributed by atoms with Crippen LogP contribution in [0, 0.1) is 17.2 Å². The number of carbonyl (C=O) groups is 1. The van der Waals surface area contributed by atoms with E-state index in [-0.39, 0.29) is 23.2 Å². The second kappa shape index (κ2) is 5.06. The van der Waals surface area contributed by atoms with Crippen LogP contribution in [0.25, 0.3) is 0 Å². The molecule has 1 aromatic heterocycles. The number of ketones is 1. The number of nitriles is 1. The van der Waals surface area contributed by atoms with Crippen LogP contribution < -0.4 is 5.73 Å². The van der Waals surface area contributed by atoms with Crippen LogP contribution in [0.2, 0.25) is 0 Å². The number of rotatable bonds is 1. The van der Waals surface area contributed by atoms with Gasteiger partial charge in [0.25, 0.3) is 0 Å². The highest BCUT2D eigenvalue weighted by molar-refractivity contribution is 5.99. The number of hydrogen-bond acceptors (Lipinski definition) is 5. The highest BCUT2D eigenvalue weighted by Gasteiger charge is 2.39. The number of aromatic nitrogens is 1. The molecule has 1 aliphatic carbocycles. The van der Waals surface area contributed by atoms with Crippen LogP contribution in [-0.2, 0) is 9.53 Å². The molecular formula is C16H15N3O2. The van der Waals surface area contributed by atoms with Crippen LogP contribution in [0.15, 0.2) is 47.3 Å². The lowest BCUT2D eigenvalue weighted by atomic mass is 9.76. The van der Waals surface area contributed by atoms with Gasteiger partial charge in [0.15, 0.2) is 5.78 Å². The fourth-order valence-electron chi connectivity index (χ4n) is 2.97. The molecule has 2 atom stereocenters. The summed E-state index contributed by atoms with van der Waals surface area (Å²) < 4.78 is 5.56. The molecule has 0 fully saturated rings. The first-order chi connectivity index (χ1) is 10.1. The van der Waals surface area contributed by atoms with E-state index in [1.54, 1.807) is 18.5 Å². The molecule has 0 amide bonds. The first-order valence-corrected chi connectivity index (χ1v) is 6.85. The van der Waals surface area contributed by atoms with Crippen molar-refractivity contribution in [2.24, 2.45) is 11.7 Å². The van der Waals surface area contributed by atoms with E-state index in [2.05, 4.69) is 11.1 Å². The molecule has 21 heavy (non-hydrogen) atoms. The van der Waals surface area contributed by atoms with E-state index >= 15 is 0 Å². The third-order valence-electron chi connectivity index (χ3n) is 3.88. The van der Waals surface area contributed by atoms with E-state index < -0.39 is 5.92 Å². The molecule has 0 unspecified atom stereocenters. The van der Waals surface area contributed by atoms with Crippen LogP contribution in [0.3, 0.4) is 0 Å². The summed E-state index contributed by atoms with van der Waals surface area (Å²) in [5.41, 5.74) is 7.52. The van der Waals surface area contributed by atoms with Gasteiger partial charge in [0.2, 0.25) is 5.88 Å². The molecule has 0 bridgehead atoms. The molecule has 0 aromatic carbocycles. The molecule has 1 aliphatic heterocycles. The summed E-state index contributed by atoms with van der Waals surface area (Å²) in [6.45, 7) is 2.00. The van der Waals surface area contributed by atoms with Gasteiger partial charge in [-0.25, -0.2) is 0 Å². The minimum absolute atomic E-state index is 0.0258. The molecule has 0 radical (unpaired) electrons. The van der Waals surface area contributed by atoms with Crippen LogP contribution in [0.1, 0.15) is 31.2 Å². The highest BCUT2D eigenvalue weighted by Crippen LogP contribution is 2.44. The predicted molar refractivity (Wildman–Crippen MR) is 75.3 cm³/mol. The molecule has 5 nitrogen and oxygen atoms in total. The molecule has 2 N–H and O–H groups in total. The Hall–Kier alpha value is -2.61. The molecule has 3 rings (SSSR count). The number of nitrogens with zero attached hydrogens (tertiary/aromatic N) is 2. The topological polar surface area (TPSA) is 89.0 Å². The van der Waals surface area contributed by atoms with Crippen molar-refractivity contribution in [2.45, 2.75) is 25.7 Å². The molecule has 106 valence electrons. The van der Waals surface area contributed by atoms with Crippen molar-refractivity contribution in [3.05, 3.63) is 52.9 Å². The van der Waals surface area contributed by atoms with Gasteiger partial charge in [-0.3, -0.25) is 9.78 Å². The van der Waals surface area contributed by atoms with E-state index in [1.165, 1.54) is 0 Å². The Morgan fingerprint density at radius 3 is 2.95 bits per heavy atom. The van der Waals surface area contributed by atoms with Crippen molar-refractivity contribution < 1.29 is 9.53 Å². The zero-order valence-electron chi connectivity index (χ0n) is 11.7. The van der Waals surface area contributed by atoms with Gasteiger partial charge in [0.05, 0.1) is 5.92 Å². The van der Waals surface area contributed by atoms with E-state index in [4.69, 9.17) is 10.5 Å². The van der Waals surface area contributed by atoms with Gasteiger partial charge in [-0.1, -0.05) is 13.0 Å². The number of pyridine rings is 1. The van der Waals surface area contributed by atoms with Crippen molar-refractivity contribution in [3.8, 4) is 6.07 Å². The Morgan fingerprint density at radius 1 is 1.48 bits per heavy atom. The second-order valence-corrected chi connectivity index (χ2v) is 5.48. The molecule has 2 heterocycles. The number of carbonyl (C=O) groups excluding carboxylic acids is 1. The van der Waals surface area contributed by atoms with Crippen LogP contribution in [0.4, 0.5) is 0 Å². The minimum atomic E-state index is -0.465. The van der Waals surface area contributed by atoms with Crippen molar-refractivity contribution in [2.75, 3.05) is 0 Å². The molecule has 0 saturated heterocycles. The summed E-state index contributed by atoms with van der Waals surface area (Å²) in [6, 6.07) is 5.72. The zero-order chi connectivity index (χ0) is 15.0. The summed E-state index contributed by atoms with van der Waals surface area (Å²) >= 11 is 0. The first-order valence-electron chi connectivity index (χ1n) is 6.85. The molecule has 1 aromatic rings. The molecule has 0 saturated carbocycles. The lowest BCUT2D eigenvalue weighted by Gasteiger charge is -2.32. The number of ether oxygens (including phenoxy) is 1. The lowest BCUT2D eigenvalue weighted by Crippen LogP contribution is -2.29. The summed E-state index contributed by atoms with van der Waals surface area (Å²) in [5.74, 6) is 0.476. The third-order valence-corrected chi connectivity index (χ3v) is 3.88. The van der Waals surface area contributed by atoms with E-state index in [9.17, 15) is 10.1 Å². The van der Waals surface area contributed by atoms with Gasteiger partial charge in [-0.15, -0.1) is 0 Å². The summed E-state index contributed by atoms with van der Waals surface area (Å²) in [4.78, 5) is 16.5. The Balaban J connectivity index is 2.17. The van der Waals surface area contributed by atoms with Gasteiger partial charge < -0.3 is 10.5 Å². The second-order valence-electron chi connectivity index (χ2n) is 5.48. The van der Waals surface area contributed by atoms with Crippen molar-refractivity contribution >= 4 is 5.78 Å². The summed E-state index contributed by atoms with van der Waals surface area (Å²) in [6.07, 6.45) is 4.45. The lowest BCUT2D eigenvalue weighted by molar-refractivity contribution is -0.117. The van der Waals surface area contributed by atoms with E-state index in [0.717, 1.165) is 5.56 Å².